The van der Waals surface area contributed by atoms with Crippen molar-refractivity contribution < 1.29 is 19.2 Å². The lowest BCUT2D eigenvalue weighted by atomic mass is 9.89. The van der Waals surface area contributed by atoms with Gasteiger partial charge in [0.2, 0.25) is 0 Å². The highest BCUT2D eigenvalue weighted by Crippen LogP contribution is 2.31. The maximum absolute atomic E-state index is 12.6. The zero-order chi connectivity index (χ0) is 18.2. The van der Waals surface area contributed by atoms with E-state index in [1.165, 1.54) is 19.1 Å². The van der Waals surface area contributed by atoms with Gasteiger partial charge in [0.05, 0.1) is 21.2 Å². The maximum atomic E-state index is 12.6. The zero-order valence-corrected chi connectivity index (χ0v) is 13.9. The summed E-state index contributed by atoms with van der Waals surface area (Å²) in [6.45, 7) is 1.51. The number of carbonyl (C=O) groups is 2. The van der Waals surface area contributed by atoms with Crippen LogP contribution in [0.15, 0.2) is 42.5 Å². The highest BCUT2D eigenvalue weighted by atomic mass is 35.5. The number of halogens is 1. The second kappa shape index (κ2) is 6.18. The van der Waals surface area contributed by atoms with Gasteiger partial charge in [-0.3, -0.25) is 14.9 Å². The number of nitro groups is 1. The Morgan fingerprint density at radius 1 is 1.32 bits per heavy atom. The number of nitrogens with zero attached hydrogens (tertiary/aromatic N) is 1. The lowest BCUT2D eigenvalue weighted by Crippen LogP contribution is -2.48. The van der Waals surface area contributed by atoms with Crippen LogP contribution in [0.25, 0.3) is 0 Å². The molecule has 1 N–H and O–H groups in total. The van der Waals surface area contributed by atoms with Crippen molar-refractivity contribution in [2.75, 3.05) is 5.32 Å². The van der Waals surface area contributed by atoms with E-state index in [-0.39, 0.29) is 22.8 Å². The van der Waals surface area contributed by atoms with Gasteiger partial charge < -0.3 is 10.1 Å². The highest BCUT2D eigenvalue weighted by Gasteiger charge is 2.42. The number of amides is 1. The minimum absolute atomic E-state index is 0.0219. The number of anilines is 1. The van der Waals surface area contributed by atoms with E-state index < -0.39 is 22.4 Å². The molecule has 3 rings (SSSR count). The quantitative estimate of drug-likeness (QED) is 0.514. The highest BCUT2D eigenvalue weighted by molar-refractivity contribution is 6.34. The number of hydrogen-bond donors (Lipinski definition) is 1. The summed E-state index contributed by atoms with van der Waals surface area (Å²) in [6.07, 6.45) is 0.214. The van der Waals surface area contributed by atoms with Crippen LogP contribution in [-0.4, -0.2) is 22.4 Å². The second-order valence-corrected chi connectivity index (χ2v) is 6.24. The Labute approximate surface area is 147 Å². The fourth-order valence-electron chi connectivity index (χ4n) is 2.63. The molecule has 0 saturated heterocycles. The Balaban J connectivity index is 1.84. The average Bonchev–Trinajstić information content (AvgIpc) is 2.56. The van der Waals surface area contributed by atoms with Gasteiger partial charge in [-0.15, -0.1) is 0 Å². The zero-order valence-electron chi connectivity index (χ0n) is 13.1. The van der Waals surface area contributed by atoms with Gasteiger partial charge in [0.15, 0.2) is 5.60 Å². The van der Waals surface area contributed by atoms with Gasteiger partial charge in [-0.25, -0.2) is 4.79 Å². The van der Waals surface area contributed by atoms with Crippen molar-refractivity contribution in [3.05, 3.63) is 68.7 Å². The first-order chi connectivity index (χ1) is 11.8. The largest absolute Gasteiger partial charge is 0.445 e. The molecule has 7 nitrogen and oxygen atoms in total. The van der Waals surface area contributed by atoms with E-state index in [1.807, 2.05) is 0 Å². The fourth-order valence-corrected chi connectivity index (χ4v) is 2.85. The lowest BCUT2D eigenvalue weighted by Gasteiger charge is -2.33. The molecule has 0 saturated carbocycles. The van der Waals surface area contributed by atoms with Gasteiger partial charge in [-0.1, -0.05) is 29.8 Å². The Morgan fingerprint density at radius 3 is 2.72 bits per heavy atom. The first-order valence-corrected chi connectivity index (χ1v) is 7.74. The molecule has 0 aromatic heterocycles. The molecule has 1 aliphatic heterocycles. The number of benzene rings is 2. The van der Waals surface area contributed by atoms with Crippen molar-refractivity contribution >= 4 is 34.9 Å². The van der Waals surface area contributed by atoms with Gasteiger partial charge in [0.25, 0.3) is 11.6 Å². The molecule has 25 heavy (non-hydrogen) atoms. The second-order valence-electron chi connectivity index (χ2n) is 5.83. The smallest absolute Gasteiger partial charge is 0.339 e. The molecule has 0 spiro atoms. The van der Waals surface area contributed by atoms with E-state index in [0.29, 0.717) is 11.1 Å². The number of carbonyl (C=O) groups excluding carboxylic acids is 2. The molecule has 0 bridgehead atoms. The van der Waals surface area contributed by atoms with Crippen LogP contribution in [0.2, 0.25) is 5.02 Å². The molecule has 1 heterocycles. The summed E-state index contributed by atoms with van der Waals surface area (Å²) < 4.78 is 5.33. The Kier molecular flexibility index (Phi) is 4.18. The molecule has 2 aromatic rings. The van der Waals surface area contributed by atoms with Crippen LogP contribution in [0, 0.1) is 10.1 Å². The van der Waals surface area contributed by atoms with Gasteiger partial charge >= 0.3 is 5.97 Å². The van der Waals surface area contributed by atoms with Crippen LogP contribution in [-0.2, 0) is 16.0 Å². The van der Waals surface area contributed by atoms with E-state index in [4.69, 9.17) is 16.3 Å². The first kappa shape index (κ1) is 16.9. The van der Waals surface area contributed by atoms with Crippen molar-refractivity contribution in [1.82, 2.24) is 0 Å². The van der Waals surface area contributed by atoms with Gasteiger partial charge in [0.1, 0.15) is 0 Å². The first-order valence-electron chi connectivity index (χ1n) is 7.37. The Morgan fingerprint density at radius 2 is 2.04 bits per heavy atom. The fraction of sp³-hybridized carbons (Fsp3) is 0.176. The molecule has 2 aromatic carbocycles. The van der Waals surface area contributed by atoms with E-state index in [9.17, 15) is 19.7 Å². The minimum Gasteiger partial charge on any atom is -0.445 e. The van der Waals surface area contributed by atoms with Crippen LogP contribution >= 0.6 is 11.6 Å². The molecule has 1 amide bonds. The van der Waals surface area contributed by atoms with Crippen molar-refractivity contribution in [3.63, 3.8) is 0 Å². The predicted molar refractivity (Wildman–Crippen MR) is 90.7 cm³/mol. The van der Waals surface area contributed by atoms with E-state index in [2.05, 4.69) is 5.32 Å². The third-order valence-corrected chi connectivity index (χ3v) is 4.29. The molecule has 0 aliphatic carbocycles. The van der Waals surface area contributed by atoms with Crippen LogP contribution in [0.1, 0.15) is 22.8 Å². The number of nitrogens with one attached hydrogen (secondary N) is 1. The molecular weight excluding hydrogens is 348 g/mol. The SMILES string of the molecule is CC1(C(=O)Nc2ccc([N+](=O)[O-])cc2Cl)Cc2ccccc2C(=O)O1. The van der Waals surface area contributed by atoms with Gasteiger partial charge in [-0.2, -0.15) is 0 Å². The summed E-state index contributed by atoms with van der Waals surface area (Å²) in [5.41, 5.74) is -0.246. The number of rotatable bonds is 3. The van der Waals surface area contributed by atoms with Crippen LogP contribution < -0.4 is 5.32 Å². The standard InChI is InChI=1S/C17H13ClN2O5/c1-17(9-10-4-2-3-5-12(10)15(21)25-17)16(22)19-14-7-6-11(20(23)24)8-13(14)18/h2-8H,9H2,1H3,(H,19,22). The molecule has 0 fully saturated rings. The van der Waals surface area contributed by atoms with E-state index in [1.54, 1.807) is 24.3 Å². The van der Waals surface area contributed by atoms with Crippen molar-refractivity contribution in [1.29, 1.82) is 0 Å². The maximum Gasteiger partial charge on any atom is 0.339 e. The summed E-state index contributed by atoms with van der Waals surface area (Å²) in [7, 11) is 0. The van der Waals surface area contributed by atoms with Crippen molar-refractivity contribution in [2.45, 2.75) is 18.9 Å². The summed E-state index contributed by atoms with van der Waals surface area (Å²) >= 11 is 5.98. The van der Waals surface area contributed by atoms with Crippen molar-refractivity contribution in [2.24, 2.45) is 0 Å². The van der Waals surface area contributed by atoms with Gasteiger partial charge in [-0.05, 0) is 24.6 Å². The molecule has 0 radical (unpaired) electrons. The monoisotopic (exact) mass is 360 g/mol. The minimum atomic E-state index is -1.41. The predicted octanol–water partition coefficient (Wildman–Crippen LogP) is 3.36. The van der Waals surface area contributed by atoms with Crippen molar-refractivity contribution in [3.8, 4) is 0 Å². The number of hydrogen-bond acceptors (Lipinski definition) is 5. The topological polar surface area (TPSA) is 98.5 Å². The third-order valence-electron chi connectivity index (χ3n) is 3.98. The summed E-state index contributed by atoms with van der Waals surface area (Å²) in [4.78, 5) is 34.9. The molecule has 1 aliphatic rings. The number of non-ortho nitro benzene ring substituents is 1. The number of ether oxygens (including phenoxy) is 1. The molecule has 8 heteroatoms. The summed E-state index contributed by atoms with van der Waals surface area (Å²) in [6, 6.07) is 10.6. The molecular formula is C17H13ClN2O5. The number of esters is 1. The normalized spacial score (nSPS) is 18.9. The molecule has 1 atom stereocenters. The Bertz CT molecular complexity index is 898. The molecule has 1 unspecified atom stereocenters. The van der Waals surface area contributed by atoms with Crippen LogP contribution in [0.3, 0.4) is 0 Å². The summed E-state index contributed by atoms with van der Waals surface area (Å²) in [5, 5.41) is 13.3. The summed E-state index contributed by atoms with van der Waals surface area (Å²) in [5.74, 6) is -1.14. The van der Waals surface area contributed by atoms with Crippen LogP contribution in [0.4, 0.5) is 11.4 Å². The third kappa shape index (κ3) is 3.18. The average molecular weight is 361 g/mol. The van der Waals surface area contributed by atoms with E-state index >= 15 is 0 Å². The number of nitro benzene ring substituents is 1. The van der Waals surface area contributed by atoms with Crippen LogP contribution in [0.5, 0.6) is 0 Å². The Hall–Kier alpha value is -2.93. The molecule has 128 valence electrons. The van der Waals surface area contributed by atoms with Gasteiger partial charge in [0, 0.05) is 18.6 Å². The number of fused-ring (bicyclic) bond motifs is 1. The lowest BCUT2D eigenvalue weighted by molar-refractivity contribution is -0.384. The number of cyclic esters (lactones) is 1. The van der Waals surface area contributed by atoms with E-state index in [0.717, 1.165) is 6.07 Å².